The van der Waals surface area contributed by atoms with Crippen LogP contribution in [0.25, 0.3) is 0 Å². The van der Waals surface area contributed by atoms with Gasteiger partial charge in [-0.2, -0.15) is 0 Å². The van der Waals surface area contributed by atoms with Crippen LogP contribution in [0.5, 0.6) is 0 Å². The zero-order valence-electron chi connectivity index (χ0n) is 20.1. The molecule has 0 aliphatic heterocycles. The molecule has 0 nitrogen and oxygen atoms in total. The summed E-state index contributed by atoms with van der Waals surface area (Å²) in [6, 6.07) is 33.9. The molecule has 3 aromatic rings. The van der Waals surface area contributed by atoms with Crippen molar-refractivity contribution in [1.29, 1.82) is 0 Å². The van der Waals surface area contributed by atoms with Crippen LogP contribution in [0.3, 0.4) is 0 Å². The van der Waals surface area contributed by atoms with Crippen LogP contribution in [0.4, 0.5) is 0 Å². The van der Waals surface area contributed by atoms with Gasteiger partial charge in [-0.1, -0.05) is 0 Å². The van der Waals surface area contributed by atoms with Gasteiger partial charge in [0.2, 0.25) is 0 Å². The summed E-state index contributed by atoms with van der Waals surface area (Å²) in [5, 5.41) is 0. The fourth-order valence-corrected chi connectivity index (χ4v) is 10.4. The average Bonchev–Trinajstić information content (AvgIpc) is 2.83. The minimum atomic E-state index is -1.60. The molecular formula is C31H43P. The Morgan fingerprint density at radius 1 is 0.438 bits per heavy atom. The van der Waals surface area contributed by atoms with Crippen molar-refractivity contribution in [2.45, 2.75) is 76.8 Å². The second kappa shape index (κ2) is 14.3. The molecule has 3 rings (SSSR count). The summed E-state index contributed by atoms with van der Waals surface area (Å²) in [5.41, 5.74) is 4.60. The molecule has 0 radical (unpaired) electrons. The van der Waals surface area contributed by atoms with Gasteiger partial charge in [0, 0.05) is 0 Å². The summed E-state index contributed by atoms with van der Waals surface area (Å²) in [6.45, 7) is 2.30. The molecule has 0 aliphatic rings. The van der Waals surface area contributed by atoms with Crippen LogP contribution >= 0.6 is 7.26 Å². The standard InChI is InChI=1S/C31H43P/c1-2-3-4-5-6-7-8-18-25-32(26-29-19-12-9-13-20-29,27-30-21-14-10-15-22-30)28-31-23-16-11-17-24-31/h9-17,19-24,32H,2-8,18,25-28H2,1H3. The molecule has 0 saturated carbocycles. The molecule has 172 valence electrons. The second-order valence-corrected chi connectivity index (χ2v) is 14.3. The van der Waals surface area contributed by atoms with Crippen molar-refractivity contribution >= 4 is 7.26 Å². The van der Waals surface area contributed by atoms with E-state index in [4.69, 9.17) is 0 Å². The van der Waals surface area contributed by atoms with E-state index in [-0.39, 0.29) is 0 Å². The first-order valence-corrected chi connectivity index (χ1v) is 15.7. The third-order valence-electron chi connectivity index (χ3n) is 6.83. The first-order chi connectivity index (χ1) is 15.8. The van der Waals surface area contributed by atoms with Crippen LogP contribution in [-0.4, -0.2) is 6.16 Å². The molecule has 0 saturated heterocycles. The zero-order valence-corrected chi connectivity index (χ0v) is 21.1. The van der Waals surface area contributed by atoms with E-state index in [2.05, 4.69) is 97.9 Å². The Morgan fingerprint density at radius 3 is 1.16 bits per heavy atom. The molecule has 3 aromatic carbocycles. The Balaban J connectivity index is 1.74. The normalized spacial score (nSPS) is 12.0. The molecule has 0 unspecified atom stereocenters. The average molecular weight is 447 g/mol. The number of benzene rings is 3. The Kier molecular flexibility index (Phi) is 11.0. The summed E-state index contributed by atoms with van der Waals surface area (Å²) in [4.78, 5) is 0. The maximum absolute atomic E-state index is 2.35. The molecule has 0 fully saturated rings. The topological polar surface area (TPSA) is 0 Å². The van der Waals surface area contributed by atoms with Crippen molar-refractivity contribution in [2.75, 3.05) is 6.16 Å². The fourth-order valence-electron chi connectivity index (χ4n) is 5.17. The molecule has 0 spiro atoms. The Hall–Kier alpha value is -1.91. The second-order valence-electron chi connectivity index (χ2n) is 9.71. The predicted octanol–water partition coefficient (Wildman–Crippen LogP) is 9.48. The fraction of sp³-hybridized carbons (Fsp3) is 0.419. The van der Waals surface area contributed by atoms with Gasteiger partial charge < -0.3 is 0 Å². The Bertz CT molecular complexity index is 740. The Morgan fingerprint density at radius 2 is 0.781 bits per heavy atom. The van der Waals surface area contributed by atoms with Crippen LogP contribution in [0, 0.1) is 0 Å². The molecule has 0 amide bonds. The van der Waals surface area contributed by atoms with Gasteiger partial charge in [0.05, 0.1) is 0 Å². The summed E-state index contributed by atoms with van der Waals surface area (Å²) in [5.74, 6) is 0. The van der Waals surface area contributed by atoms with Crippen molar-refractivity contribution in [3.8, 4) is 0 Å². The van der Waals surface area contributed by atoms with E-state index in [9.17, 15) is 0 Å². The van der Waals surface area contributed by atoms with E-state index in [1.807, 2.05) is 0 Å². The molecule has 0 bridgehead atoms. The van der Waals surface area contributed by atoms with Gasteiger partial charge in [-0.3, -0.25) is 0 Å². The quantitative estimate of drug-likeness (QED) is 0.161. The summed E-state index contributed by atoms with van der Waals surface area (Å²) in [7, 11) is -1.60. The Labute approximate surface area is 197 Å². The summed E-state index contributed by atoms with van der Waals surface area (Å²) >= 11 is 0. The third kappa shape index (κ3) is 8.91. The van der Waals surface area contributed by atoms with E-state index in [1.54, 1.807) is 0 Å². The maximum atomic E-state index is 2.35. The van der Waals surface area contributed by atoms with Gasteiger partial charge in [-0.25, -0.2) is 0 Å². The molecule has 0 atom stereocenters. The number of hydrogen-bond donors (Lipinski definition) is 0. The zero-order chi connectivity index (χ0) is 22.3. The predicted molar refractivity (Wildman–Crippen MR) is 146 cm³/mol. The number of rotatable bonds is 15. The summed E-state index contributed by atoms with van der Waals surface area (Å²) < 4.78 is 0. The van der Waals surface area contributed by atoms with Gasteiger partial charge in [0.25, 0.3) is 0 Å². The van der Waals surface area contributed by atoms with E-state index < -0.39 is 7.26 Å². The van der Waals surface area contributed by atoms with Crippen molar-refractivity contribution in [3.63, 3.8) is 0 Å². The van der Waals surface area contributed by atoms with E-state index >= 15 is 0 Å². The molecule has 0 N–H and O–H groups in total. The van der Waals surface area contributed by atoms with E-state index in [1.165, 1.54) is 92.7 Å². The van der Waals surface area contributed by atoms with Crippen LogP contribution < -0.4 is 0 Å². The molecule has 1 heteroatoms. The van der Waals surface area contributed by atoms with Crippen LogP contribution in [-0.2, 0) is 18.5 Å². The minimum absolute atomic E-state index is 1.29. The van der Waals surface area contributed by atoms with E-state index in [0.717, 1.165) is 0 Å². The van der Waals surface area contributed by atoms with Crippen LogP contribution in [0.2, 0.25) is 0 Å². The van der Waals surface area contributed by atoms with Gasteiger partial charge in [0.1, 0.15) is 0 Å². The van der Waals surface area contributed by atoms with Crippen LogP contribution in [0.1, 0.15) is 75.0 Å². The van der Waals surface area contributed by atoms with Gasteiger partial charge >= 0.3 is 198 Å². The van der Waals surface area contributed by atoms with Gasteiger partial charge in [0.15, 0.2) is 0 Å². The van der Waals surface area contributed by atoms with Crippen molar-refractivity contribution in [1.82, 2.24) is 0 Å². The van der Waals surface area contributed by atoms with Crippen molar-refractivity contribution in [2.24, 2.45) is 0 Å². The SMILES string of the molecule is CCCCCCCCCC[PH](Cc1ccccc1)(Cc1ccccc1)Cc1ccccc1. The van der Waals surface area contributed by atoms with Crippen LogP contribution in [0.15, 0.2) is 91.0 Å². The van der Waals surface area contributed by atoms with Gasteiger partial charge in [-0.05, 0) is 0 Å². The van der Waals surface area contributed by atoms with E-state index in [0.29, 0.717) is 0 Å². The first-order valence-electron chi connectivity index (χ1n) is 12.9. The third-order valence-corrected chi connectivity index (χ3v) is 11.7. The summed E-state index contributed by atoms with van der Waals surface area (Å²) in [6.07, 6.45) is 16.5. The first kappa shape index (κ1) is 24.7. The molecule has 0 aromatic heterocycles. The van der Waals surface area contributed by atoms with Crippen molar-refractivity contribution < 1.29 is 0 Å². The molecular weight excluding hydrogens is 403 g/mol. The number of unbranched alkanes of at least 4 members (excludes halogenated alkanes) is 7. The molecule has 32 heavy (non-hydrogen) atoms. The molecule has 0 aliphatic carbocycles. The van der Waals surface area contributed by atoms with Gasteiger partial charge in [-0.15, -0.1) is 0 Å². The van der Waals surface area contributed by atoms with Crippen molar-refractivity contribution in [3.05, 3.63) is 108 Å². The number of hydrogen-bond acceptors (Lipinski definition) is 0. The monoisotopic (exact) mass is 446 g/mol. The molecule has 0 heterocycles.